The van der Waals surface area contributed by atoms with Crippen LogP contribution in [0.25, 0.3) is 5.57 Å². The number of anilines is 1. The molecule has 6 nitrogen and oxygen atoms in total. The average Bonchev–Trinajstić information content (AvgIpc) is 3.50. The second kappa shape index (κ2) is 6.07. The normalized spacial score (nSPS) is 25.1. The van der Waals surface area contributed by atoms with Gasteiger partial charge in [-0.3, -0.25) is 14.0 Å². The third-order valence-electron chi connectivity index (χ3n) is 6.37. The van der Waals surface area contributed by atoms with Crippen molar-refractivity contribution < 1.29 is 18.7 Å². The zero-order valence-electron chi connectivity index (χ0n) is 16.3. The van der Waals surface area contributed by atoms with Crippen LogP contribution in [0.3, 0.4) is 0 Å². The van der Waals surface area contributed by atoms with Gasteiger partial charge in [-0.25, -0.2) is 4.39 Å². The Kier molecular flexibility index (Phi) is 3.63. The van der Waals surface area contributed by atoms with Crippen molar-refractivity contribution in [2.75, 3.05) is 18.1 Å². The summed E-state index contributed by atoms with van der Waals surface area (Å²) in [6.45, 7) is 2.93. The Balaban J connectivity index is 1.50. The van der Waals surface area contributed by atoms with Crippen LogP contribution in [-0.4, -0.2) is 35.0 Å². The van der Waals surface area contributed by atoms with Gasteiger partial charge in [0.2, 0.25) is 0 Å². The average molecular weight is 426 g/mol. The lowest BCUT2D eigenvalue weighted by atomic mass is 9.73. The van der Waals surface area contributed by atoms with Gasteiger partial charge in [0.05, 0.1) is 5.54 Å². The minimum absolute atomic E-state index is 0.145. The summed E-state index contributed by atoms with van der Waals surface area (Å²) in [6, 6.07) is 5.68. The molecule has 0 spiro atoms. The van der Waals surface area contributed by atoms with E-state index in [9.17, 15) is 9.59 Å². The van der Waals surface area contributed by atoms with Crippen LogP contribution >= 0.6 is 11.5 Å². The maximum Gasteiger partial charge on any atom is 0.271 e. The molecule has 1 unspecified atom stereocenters. The van der Waals surface area contributed by atoms with Crippen LogP contribution in [0.1, 0.15) is 42.1 Å². The molecule has 8 heteroatoms. The Morgan fingerprint density at radius 3 is 2.73 bits per heavy atom. The minimum atomic E-state index is -0.714. The predicted molar refractivity (Wildman–Crippen MR) is 111 cm³/mol. The van der Waals surface area contributed by atoms with Crippen molar-refractivity contribution >= 4 is 27.9 Å². The van der Waals surface area contributed by atoms with E-state index in [-0.39, 0.29) is 17.4 Å². The number of nitrogens with one attached hydrogen (secondary N) is 1. The first-order valence-electron chi connectivity index (χ1n) is 10.0. The van der Waals surface area contributed by atoms with E-state index in [1.165, 1.54) is 17.6 Å². The molecule has 0 bridgehead atoms. The molecular formula is C22H19FN2O4S. The first-order chi connectivity index (χ1) is 14.5. The Morgan fingerprint density at radius 2 is 1.97 bits per heavy atom. The van der Waals surface area contributed by atoms with Gasteiger partial charge >= 0.3 is 0 Å². The number of aromatic nitrogens is 1. The zero-order chi connectivity index (χ0) is 20.6. The Hall–Kier alpha value is -2.87. The first-order valence-corrected chi connectivity index (χ1v) is 10.9. The number of ether oxygens (including phenoxy) is 2. The Bertz CT molecular complexity index is 1220. The fraction of sp³-hybridized carbons (Fsp3) is 0.364. The smallest absolute Gasteiger partial charge is 0.271 e. The number of aromatic amines is 1. The standard InChI is InChI=1S/C22H19FN2O4S/c1-22-10-13(11-2-5-16-17(8-11)29-7-6-28-16)15(23)9-14(22)19(26)18-20(27)24-30-21(18)25(22)12-3-4-12/h2,5,8-9,12H,3-4,6-7,10H2,1H3,(H,24,27). The third-order valence-corrected chi connectivity index (χ3v) is 7.25. The molecule has 2 aliphatic carbocycles. The largest absolute Gasteiger partial charge is 0.486 e. The number of fused-ring (bicyclic) bond motifs is 3. The van der Waals surface area contributed by atoms with Gasteiger partial charge in [-0.2, -0.15) is 0 Å². The van der Waals surface area contributed by atoms with Crippen LogP contribution in [0.4, 0.5) is 9.39 Å². The molecule has 2 aromatic rings. The van der Waals surface area contributed by atoms with Gasteiger partial charge in [0.25, 0.3) is 5.56 Å². The Morgan fingerprint density at radius 1 is 1.20 bits per heavy atom. The molecule has 1 saturated carbocycles. The van der Waals surface area contributed by atoms with Crippen molar-refractivity contribution in [3.8, 4) is 11.5 Å². The van der Waals surface area contributed by atoms with E-state index in [2.05, 4.69) is 9.27 Å². The van der Waals surface area contributed by atoms with E-state index in [4.69, 9.17) is 9.47 Å². The molecule has 1 aromatic heterocycles. The van der Waals surface area contributed by atoms with Gasteiger partial charge in [0.15, 0.2) is 17.3 Å². The lowest BCUT2D eigenvalue weighted by Gasteiger charge is -2.48. The molecule has 1 aromatic carbocycles. The number of carbonyl (C=O) groups excluding carboxylic acids is 1. The molecule has 4 aliphatic rings. The third kappa shape index (κ3) is 2.40. The molecule has 1 atom stereocenters. The molecule has 3 heterocycles. The van der Waals surface area contributed by atoms with Crippen molar-refractivity contribution in [2.24, 2.45) is 0 Å². The van der Waals surface area contributed by atoms with Crippen LogP contribution in [-0.2, 0) is 0 Å². The summed E-state index contributed by atoms with van der Waals surface area (Å²) >= 11 is 1.20. The minimum Gasteiger partial charge on any atom is -0.486 e. The fourth-order valence-electron chi connectivity index (χ4n) is 4.81. The number of hydrogen-bond donors (Lipinski definition) is 1. The summed E-state index contributed by atoms with van der Waals surface area (Å²) in [5.74, 6) is 0.434. The van der Waals surface area contributed by atoms with E-state index in [1.807, 2.05) is 13.0 Å². The molecule has 0 saturated heterocycles. The van der Waals surface area contributed by atoms with E-state index in [0.29, 0.717) is 52.8 Å². The van der Waals surface area contributed by atoms with Gasteiger partial charge in [0.1, 0.15) is 29.6 Å². The Labute approximate surface area is 175 Å². The highest BCUT2D eigenvalue weighted by Gasteiger charge is 2.53. The van der Waals surface area contributed by atoms with Gasteiger partial charge in [-0.05, 0) is 60.6 Å². The monoisotopic (exact) mass is 426 g/mol. The lowest BCUT2D eigenvalue weighted by molar-refractivity contribution is 0.101. The van der Waals surface area contributed by atoms with Crippen molar-refractivity contribution in [3.05, 3.63) is 57.2 Å². The van der Waals surface area contributed by atoms with Gasteiger partial charge in [0, 0.05) is 18.0 Å². The van der Waals surface area contributed by atoms with E-state index >= 15 is 4.39 Å². The number of ketones is 1. The zero-order valence-corrected chi connectivity index (χ0v) is 17.1. The second-order valence-corrected chi connectivity index (χ2v) is 9.13. The van der Waals surface area contributed by atoms with Crippen LogP contribution < -0.4 is 19.9 Å². The van der Waals surface area contributed by atoms with E-state index in [0.717, 1.165) is 12.8 Å². The highest BCUT2D eigenvalue weighted by Crippen LogP contribution is 2.53. The highest BCUT2D eigenvalue weighted by molar-refractivity contribution is 7.10. The molecule has 1 N–H and O–H groups in total. The molecule has 30 heavy (non-hydrogen) atoms. The number of carbonyl (C=O) groups is 1. The molecule has 154 valence electrons. The summed E-state index contributed by atoms with van der Waals surface area (Å²) in [5, 5.41) is 0.677. The highest BCUT2D eigenvalue weighted by atomic mass is 32.1. The number of allylic oxidation sites excluding steroid dienone is 2. The quantitative estimate of drug-likeness (QED) is 0.790. The number of benzene rings is 1. The van der Waals surface area contributed by atoms with Crippen molar-refractivity contribution in [3.63, 3.8) is 0 Å². The summed E-state index contributed by atoms with van der Waals surface area (Å²) in [4.78, 5) is 27.6. The molecule has 2 aliphatic heterocycles. The van der Waals surface area contributed by atoms with Crippen molar-refractivity contribution in [1.29, 1.82) is 0 Å². The fourth-order valence-corrected chi connectivity index (χ4v) is 5.84. The molecular weight excluding hydrogens is 407 g/mol. The topological polar surface area (TPSA) is 71.6 Å². The number of nitrogens with zero attached hydrogens (tertiary/aromatic N) is 1. The maximum atomic E-state index is 15.3. The number of hydrogen-bond acceptors (Lipinski definition) is 6. The summed E-state index contributed by atoms with van der Waals surface area (Å²) in [7, 11) is 0. The molecule has 0 amide bonds. The van der Waals surface area contributed by atoms with E-state index < -0.39 is 16.9 Å². The lowest BCUT2D eigenvalue weighted by Crippen LogP contribution is -2.55. The first kappa shape index (κ1) is 17.9. The van der Waals surface area contributed by atoms with Gasteiger partial charge in [-0.1, -0.05) is 6.07 Å². The van der Waals surface area contributed by atoms with E-state index in [1.54, 1.807) is 12.1 Å². The van der Waals surface area contributed by atoms with Gasteiger partial charge in [-0.15, -0.1) is 0 Å². The number of Topliss-reactive ketones (excluding diaryl/α,β-unsaturated/α-hetero) is 1. The summed E-state index contributed by atoms with van der Waals surface area (Å²) < 4.78 is 29.2. The number of halogens is 1. The van der Waals surface area contributed by atoms with Gasteiger partial charge < -0.3 is 14.4 Å². The number of H-pyrrole nitrogens is 1. The van der Waals surface area contributed by atoms with Crippen molar-refractivity contribution in [2.45, 2.75) is 37.8 Å². The van der Waals surface area contributed by atoms with Crippen LogP contribution in [0.2, 0.25) is 0 Å². The van der Waals surface area contributed by atoms with Crippen LogP contribution in [0, 0.1) is 0 Å². The maximum absolute atomic E-state index is 15.3. The molecule has 1 fully saturated rings. The summed E-state index contributed by atoms with van der Waals surface area (Å²) in [5.41, 5.74) is 0.633. The molecule has 6 rings (SSSR count). The van der Waals surface area contributed by atoms with Crippen molar-refractivity contribution in [1.82, 2.24) is 4.37 Å². The molecule has 0 radical (unpaired) electrons. The second-order valence-electron chi connectivity index (χ2n) is 8.34. The predicted octanol–water partition coefficient (Wildman–Crippen LogP) is 3.84. The SMILES string of the molecule is CC12CC(c3ccc4c(c3)OCCO4)=C(F)C=C1C(=O)c1c(s[nH]c1=O)N2C1CC1. The summed E-state index contributed by atoms with van der Waals surface area (Å²) in [6.07, 6.45) is 3.65. The number of rotatable bonds is 2. The van der Waals surface area contributed by atoms with Crippen LogP contribution in [0.5, 0.6) is 11.5 Å². The van der Waals surface area contributed by atoms with Crippen LogP contribution in [0.15, 0.2) is 40.5 Å².